The molecule has 5 nitrogen and oxygen atoms in total. The highest BCUT2D eigenvalue weighted by molar-refractivity contribution is 14.0. The first-order valence-corrected chi connectivity index (χ1v) is 7.80. The average Bonchev–Trinajstić information content (AvgIpc) is 3.08. The summed E-state index contributed by atoms with van der Waals surface area (Å²) in [4.78, 5) is 7.61. The summed E-state index contributed by atoms with van der Waals surface area (Å²) in [7, 11) is 1.61. The lowest BCUT2D eigenvalue weighted by molar-refractivity contribution is -0.140. The van der Waals surface area contributed by atoms with Crippen molar-refractivity contribution >= 4 is 41.3 Å². The summed E-state index contributed by atoms with van der Waals surface area (Å²) in [5.74, 6) is 0.514. The Bertz CT molecular complexity index is 530. The van der Waals surface area contributed by atoms with Crippen LogP contribution in [0.2, 0.25) is 0 Å². The van der Waals surface area contributed by atoms with E-state index in [1.54, 1.807) is 7.05 Å². The van der Waals surface area contributed by atoms with E-state index in [0.29, 0.717) is 17.5 Å². The number of rotatable bonds is 4. The Kier molecular flexibility index (Phi) is 7.52. The normalized spacial score (nSPS) is 21.9. The van der Waals surface area contributed by atoms with E-state index in [-0.39, 0.29) is 36.1 Å². The summed E-state index contributed by atoms with van der Waals surface area (Å²) in [5, 5.41) is 7.46. The Hall–Kier alpha value is -0.620. The molecule has 2 rings (SSSR count). The van der Waals surface area contributed by atoms with Gasteiger partial charge in [-0.1, -0.05) is 0 Å². The van der Waals surface area contributed by atoms with E-state index in [1.807, 2.05) is 6.92 Å². The van der Waals surface area contributed by atoms with Crippen molar-refractivity contribution in [1.29, 1.82) is 0 Å². The number of hydrogen-bond acceptors (Lipinski definition) is 4. The first kappa shape index (κ1) is 20.4. The summed E-state index contributed by atoms with van der Waals surface area (Å²) in [6.07, 6.45) is -2.40. The molecule has 0 amide bonds. The maximum absolute atomic E-state index is 12.5. The van der Waals surface area contributed by atoms with Crippen molar-refractivity contribution in [3.05, 3.63) is 16.1 Å². The minimum atomic E-state index is -4.40. The highest BCUT2D eigenvalue weighted by Crippen LogP contribution is 2.29. The third-order valence-corrected chi connectivity index (χ3v) is 4.25. The van der Waals surface area contributed by atoms with Crippen LogP contribution in [0.5, 0.6) is 0 Å². The summed E-state index contributed by atoms with van der Waals surface area (Å²) >= 11 is 0.970. The van der Waals surface area contributed by atoms with Gasteiger partial charge < -0.3 is 15.4 Å². The molecule has 1 atom stereocenters. The molecule has 0 bridgehead atoms. The standard InChI is InChI=1S/C13H19F3N4OS.HI/c1-12(4-3-5-21-12)8-19-11(17-2)18-6-10-20-9(7-22-10)13(14,15)16;/h7H,3-6,8H2,1-2H3,(H2,17,18,19);1H. The predicted molar refractivity (Wildman–Crippen MR) is 94.3 cm³/mol. The number of alkyl halides is 3. The largest absolute Gasteiger partial charge is 0.434 e. The second kappa shape index (κ2) is 8.47. The van der Waals surface area contributed by atoms with Gasteiger partial charge in [0.25, 0.3) is 0 Å². The van der Waals surface area contributed by atoms with Crippen molar-refractivity contribution in [3.63, 3.8) is 0 Å². The summed E-state index contributed by atoms with van der Waals surface area (Å²) in [6.45, 7) is 3.57. The summed E-state index contributed by atoms with van der Waals surface area (Å²) in [6, 6.07) is 0. The minimum Gasteiger partial charge on any atom is -0.373 e. The van der Waals surface area contributed by atoms with Crippen LogP contribution in [0, 0.1) is 0 Å². The molecular weight excluding hydrogens is 444 g/mol. The molecule has 0 spiro atoms. The molecule has 23 heavy (non-hydrogen) atoms. The second-order valence-corrected chi connectivity index (χ2v) is 6.25. The molecule has 1 aromatic heterocycles. The van der Waals surface area contributed by atoms with Crippen molar-refractivity contribution in [2.45, 2.75) is 38.1 Å². The fourth-order valence-corrected chi connectivity index (χ4v) is 2.89. The lowest BCUT2D eigenvalue weighted by Crippen LogP contribution is -2.45. The number of halogens is 4. The number of hydrogen-bond donors (Lipinski definition) is 2. The van der Waals surface area contributed by atoms with Crippen LogP contribution in [0.3, 0.4) is 0 Å². The molecule has 10 heteroatoms. The number of aromatic nitrogens is 1. The molecule has 1 saturated heterocycles. The Morgan fingerprint density at radius 3 is 2.74 bits per heavy atom. The fourth-order valence-electron chi connectivity index (χ4n) is 2.15. The quantitative estimate of drug-likeness (QED) is 0.409. The third kappa shape index (κ3) is 6.07. The van der Waals surface area contributed by atoms with Crippen LogP contribution in [-0.4, -0.2) is 36.7 Å². The van der Waals surface area contributed by atoms with Crippen LogP contribution in [0.15, 0.2) is 10.4 Å². The lowest BCUT2D eigenvalue weighted by Gasteiger charge is -2.24. The zero-order valence-electron chi connectivity index (χ0n) is 12.9. The number of nitrogens with zero attached hydrogens (tertiary/aromatic N) is 2. The van der Waals surface area contributed by atoms with Gasteiger partial charge in [0.15, 0.2) is 11.7 Å². The summed E-state index contributed by atoms with van der Waals surface area (Å²) in [5.41, 5.74) is -1.08. The van der Waals surface area contributed by atoms with Crippen molar-refractivity contribution in [3.8, 4) is 0 Å². The molecule has 0 saturated carbocycles. The highest BCUT2D eigenvalue weighted by Gasteiger charge is 2.33. The monoisotopic (exact) mass is 464 g/mol. The van der Waals surface area contributed by atoms with Gasteiger partial charge in [0, 0.05) is 25.6 Å². The predicted octanol–water partition coefficient (Wildman–Crippen LogP) is 3.01. The highest BCUT2D eigenvalue weighted by atomic mass is 127. The number of guanidine groups is 1. The Labute approximate surface area is 154 Å². The molecule has 0 aliphatic carbocycles. The van der Waals surface area contributed by atoms with Crippen LogP contribution in [-0.2, 0) is 17.5 Å². The lowest BCUT2D eigenvalue weighted by atomic mass is 10.0. The van der Waals surface area contributed by atoms with E-state index in [4.69, 9.17) is 4.74 Å². The van der Waals surface area contributed by atoms with Crippen molar-refractivity contribution < 1.29 is 17.9 Å². The van der Waals surface area contributed by atoms with E-state index in [2.05, 4.69) is 20.6 Å². The van der Waals surface area contributed by atoms with E-state index in [0.717, 1.165) is 36.2 Å². The minimum absolute atomic E-state index is 0. The number of nitrogens with one attached hydrogen (secondary N) is 2. The van der Waals surface area contributed by atoms with Crippen LogP contribution in [0.25, 0.3) is 0 Å². The van der Waals surface area contributed by atoms with Crippen LogP contribution in [0.4, 0.5) is 13.2 Å². The zero-order chi connectivity index (χ0) is 16.2. The smallest absolute Gasteiger partial charge is 0.373 e. The van der Waals surface area contributed by atoms with Gasteiger partial charge >= 0.3 is 6.18 Å². The molecular formula is C13H20F3IN4OS. The van der Waals surface area contributed by atoms with Crippen LogP contribution >= 0.6 is 35.3 Å². The molecule has 1 unspecified atom stereocenters. The Balaban J connectivity index is 0.00000264. The van der Waals surface area contributed by atoms with E-state index < -0.39 is 11.9 Å². The van der Waals surface area contributed by atoms with Gasteiger partial charge in [0.1, 0.15) is 5.01 Å². The third-order valence-electron chi connectivity index (χ3n) is 3.40. The van der Waals surface area contributed by atoms with Gasteiger partial charge in [-0.2, -0.15) is 13.2 Å². The number of ether oxygens (including phenoxy) is 1. The molecule has 1 aliphatic heterocycles. The SMILES string of the molecule is CN=C(NCc1nc(C(F)(F)F)cs1)NCC1(C)CCCO1.I. The van der Waals surface area contributed by atoms with Crippen molar-refractivity contribution in [1.82, 2.24) is 15.6 Å². The van der Waals surface area contributed by atoms with Gasteiger partial charge in [-0.15, -0.1) is 35.3 Å². The first-order valence-electron chi connectivity index (χ1n) is 6.92. The van der Waals surface area contributed by atoms with Crippen molar-refractivity contribution in [2.24, 2.45) is 4.99 Å². The van der Waals surface area contributed by atoms with Gasteiger partial charge in [-0.25, -0.2) is 4.98 Å². The van der Waals surface area contributed by atoms with Gasteiger partial charge in [0.05, 0.1) is 12.1 Å². The fraction of sp³-hybridized carbons (Fsp3) is 0.692. The molecule has 0 aromatic carbocycles. The second-order valence-electron chi connectivity index (χ2n) is 5.31. The molecule has 2 heterocycles. The average molecular weight is 464 g/mol. The Morgan fingerprint density at radius 1 is 1.48 bits per heavy atom. The molecule has 1 fully saturated rings. The molecule has 0 radical (unpaired) electrons. The topological polar surface area (TPSA) is 58.5 Å². The maximum atomic E-state index is 12.5. The zero-order valence-corrected chi connectivity index (χ0v) is 16.0. The van der Waals surface area contributed by atoms with E-state index in [1.165, 1.54) is 0 Å². The Morgan fingerprint density at radius 2 is 2.22 bits per heavy atom. The maximum Gasteiger partial charge on any atom is 0.434 e. The van der Waals surface area contributed by atoms with E-state index in [9.17, 15) is 13.2 Å². The summed E-state index contributed by atoms with van der Waals surface area (Å²) < 4.78 is 43.1. The molecule has 1 aromatic rings. The molecule has 132 valence electrons. The van der Waals surface area contributed by atoms with Crippen LogP contribution in [0.1, 0.15) is 30.5 Å². The molecule has 2 N–H and O–H groups in total. The molecule has 1 aliphatic rings. The van der Waals surface area contributed by atoms with Gasteiger partial charge in [-0.05, 0) is 19.8 Å². The van der Waals surface area contributed by atoms with E-state index >= 15 is 0 Å². The van der Waals surface area contributed by atoms with Gasteiger partial charge in [-0.3, -0.25) is 4.99 Å². The van der Waals surface area contributed by atoms with Gasteiger partial charge in [0.2, 0.25) is 0 Å². The number of thiazole rings is 1. The van der Waals surface area contributed by atoms with Crippen molar-refractivity contribution in [2.75, 3.05) is 20.2 Å². The van der Waals surface area contributed by atoms with Crippen LogP contribution < -0.4 is 10.6 Å². The first-order chi connectivity index (χ1) is 10.3. The number of aliphatic imine (C=N–C) groups is 1.